The van der Waals surface area contributed by atoms with Gasteiger partial charge in [-0.1, -0.05) is 15.9 Å². The van der Waals surface area contributed by atoms with Gasteiger partial charge >= 0.3 is 0 Å². The van der Waals surface area contributed by atoms with E-state index in [9.17, 15) is 8.78 Å². The molecule has 3 nitrogen and oxygen atoms in total. The zero-order chi connectivity index (χ0) is 13.1. The Morgan fingerprint density at radius 3 is 2.72 bits per heavy atom. The molecule has 2 rings (SSSR count). The molecule has 0 atom stereocenters. The summed E-state index contributed by atoms with van der Waals surface area (Å²) >= 11 is 3.06. The standard InChI is InChI=1S/C12H8BrF2NO2/c1-17-11-6-8(2-3-16-11)18-10-5-7(13)4-9(14)12(10)15/h2-6H,1H3. The molecule has 6 heteroatoms. The van der Waals surface area contributed by atoms with Crippen LogP contribution in [0.15, 0.2) is 34.9 Å². The first kappa shape index (κ1) is 12.8. The first-order chi connectivity index (χ1) is 8.60. The molecule has 0 aliphatic heterocycles. The molecule has 0 unspecified atom stereocenters. The molecule has 0 saturated heterocycles. The fourth-order valence-corrected chi connectivity index (χ4v) is 1.71. The van der Waals surface area contributed by atoms with Crippen molar-refractivity contribution in [3.05, 3.63) is 46.6 Å². The SMILES string of the molecule is COc1cc(Oc2cc(Br)cc(F)c2F)ccn1. The van der Waals surface area contributed by atoms with Crippen molar-refractivity contribution in [2.45, 2.75) is 0 Å². The molecule has 0 saturated carbocycles. The molecule has 1 aromatic heterocycles. The lowest BCUT2D eigenvalue weighted by molar-refractivity contribution is 0.386. The summed E-state index contributed by atoms with van der Waals surface area (Å²) in [5.74, 6) is -1.62. The van der Waals surface area contributed by atoms with E-state index in [0.717, 1.165) is 6.07 Å². The highest BCUT2D eigenvalue weighted by Gasteiger charge is 2.12. The van der Waals surface area contributed by atoms with Crippen LogP contribution >= 0.6 is 15.9 Å². The molecule has 0 aliphatic carbocycles. The van der Waals surface area contributed by atoms with Gasteiger partial charge in [0.25, 0.3) is 0 Å². The van der Waals surface area contributed by atoms with Crippen molar-refractivity contribution < 1.29 is 18.3 Å². The normalized spacial score (nSPS) is 10.2. The van der Waals surface area contributed by atoms with Crippen molar-refractivity contribution in [2.75, 3.05) is 7.11 Å². The highest BCUT2D eigenvalue weighted by Crippen LogP contribution is 2.30. The highest BCUT2D eigenvalue weighted by atomic mass is 79.9. The number of rotatable bonds is 3. The summed E-state index contributed by atoms with van der Waals surface area (Å²) in [5.41, 5.74) is 0. The third-order valence-corrected chi connectivity index (χ3v) is 2.56. The first-order valence-corrected chi connectivity index (χ1v) is 5.72. The van der Waals surface area contributed by atoms with Gasteiger partial charge in [-0.3, -0.25) is 0 Å². The van der Waals surface area contributed by atoms with E-state index in [1.165, 1.54) is 31.5 Å². The van der Waals surface area contributed by atoms with Crippen molar-refractivity contribution in [2.24, 2.45) is 0 Å². The van der Waals surface area contributed by atoms with Crippen LogP contribution in [-0.2, 0) is 0 Å². The van der Waals surface area contributed by atoms with E-state index in [1.807, 2.05) is 0 Å². The molecule has 1 aromatic carbocycles. The van der Waals surface area contributed by atoms with Crippen molar-refractivity contribution in [3.63, 3.8) is 0 Å². The van der Waals surface area contributed by atoms with E-state index >= 15 is 0 Å². The molecule has 0 aliphatic rings. The number of hydrogen-bond acceptors (Lipinski definition) is 3. The predicted molar refractivity (Wildman–Crippen MR) is 64.9 cm³/mol. The van der Waals surface area contributed by atoms with Crippen LogP contribution in [0.3, 0.4) is 0 Å². The number of benzene rings is 1. The van der Waals surface area contributed by atoms with Crippen molar-refractivity contribution >= 4 is 15.9 Å². The Hall–Kier alpha value is -1.69. The lowest BCUT2D eigenvalue weighted by Gasteiger charge is -2.08. The summed E-state index contributed by atoms with van der Waals surface area (Å²) in [7, 11) is 1.45. The molecule has 94 valence electrons. The third kappa shape index (κ3) is 2.76. The molecule has 0 N–H and O–H groups in total. The van der Waals surface area contributed by atoms with E-state index < -0.39 is 11.6 Å². The van der Waals surface area contributed by atoms with Crippen LogP contribution in [0.4, 0.5) is 8.78 Å². The molecule has 0 radical (unpaired) electrons. The number of pyridine rings is 1. The van der Waals surface area contributed by atoms with Gasteiger partial charge in [0.15, 0.2) is 11.6 Å². The Balaban J connectivity index is 2.33. The number of halogens is 3. The van der Waals surface area contributed by atoms with E-state index in [2.05, 4.69) is 20.9 Å². The molecule has 0 spiro atoms. The maximum Gasteiger partial charge on any atom is 0.216 e. The molecule has 0 bridgehead atoms. The third-order valence-electron chi connectivity index (χ3n) is 2.10. The Kier molecular flexibility index (Phi) is 3.76. The predicted octanol–water partition coefficient (Wildman–Crippen LogP) is 3.92. The van der Waals surface area contributed by atoms with E-state index in [-0.39, 0.29) is 5.75 Å². The molecular weight excluding hydrogens is 308 g/mol. The molecular formula is C12H8BrF2NO2. The van der Waals surface area contributed by atoms with Crippen LogP contribution in [0.2, 0.25) is 0 Å². The summed E-state index contributed by atoms with van der Waals surface area (Å²) in [4.78, 5) is 3.88. The first-order valence-electron chi connectivity index (χ1n) is 4.92. The average Bonchev–Trinajstić information content (AvgIpc) is 2.35. The van der Waals surface area contributed by atoms with Crippen LogP contribution in [0.1, 0.15) is 0 Å². The second kappa shape index (κ2) is 5.30. The second-order valence-electron chi connectivity index (χ2n) is 3.34. The second-order valence-corrected chi connectivity index (χ2v) is 4.25. The molecule has 0 amide bonds. The number of methoxy groups -OCH3 is 1. The molecule has 18 heavy (non-hydrogen) atoms. The van der Waals surface area contributed by atoms with E-state index in [0.29, 0.717) is 16.1 Å². The van der Waals surface area contributed by atoms with Crippen LogP contribution in [-0.4, -0.2) is 12.1 Å². The van der Waals surface area contributed by atoms with Gasteiger partial charge in [-0.05, 0) is 18.2 Å². The summed E-state index contributed by atoms with van der Waals surface area (Å²) in [6.45, 7) is 0. The quantitative estimate of drug-likeness (QED) is 0.804. The van der Waals surface area contributed by atoms with Crippen molar-refractivity contribution in [1.29, 1.82) is 0 Å². The van der Waals surface area contributed by atoms with Gasteiger partial charge in [0, 0.05) is 16.7 Å². The van der Waals surface area contributed by atoms with Gasteiger partial charge < -0.3 is 9.47 Å². The summed E-state index contributed by atoms with van der Waals surface area (Å²) in [5, 5.41) is 0. The maximum atomic E-state index is 13.5. The number of nitrogens with zero attached hydrogens (tertiary/aromatic N) is 1. The lowest BCUT2D eigenvalue weighted by atomic mass is 10.3. The van der Waals surface area contributed by atoms with Crippen molar-refractivity contribution in [1.82, 2.24) is 4.98 Å². The molecule has 0 fully saturated rings. The Morgan fingerprint density at radius 2 is 2.00 bits per heavy atom. The maximum absolute atomic E-state index is 13.5. The zero-order valence-electron chi connectivity index (χ0n) is 9.28. The molecule has 1 heterocycles. The van der Waals surface area contributed by atoms with Gasteiger partial charge in [-0.25, -0.2) is 9.37 Å². The monoisotopic (exact) mass is 315 g/mol. The van der Waals surface area contributed by atoms with Gasteiger partial charge in [0.2, 0.25) is 11.7 Å². The van der Waals surface area contributed by atoms with E-state index in [1.54, 1.807) is 0 Å². The fourth-order valence-electron chi connectivity index (χ4n) is 1.30. The van der Waals surface area contributed by atoms with Gasteiger partial charge in [0.05, 0.1) is 7.11 Å². The van der Waals surface area contributed by atoms with E-state index in [4.69, 9.17) is 9.47 Å². The van der Waals surface area contributed by atoms with Gasteiger partial charge in [-0.15, -0.1) is 0 Å². The fraction of sp³-hybridized carbons (Fsp3) is 0.0833. The number of aromatic nitrogens is 1. The van der Waals surface area contributed by atoms with Crippen LogP contribution in [0, 0.1) is 11.6 Å². The summed E-state index contributed by atoms with van der Waals surface area (Å²) < 4.78 is 37.2. The summed E-state index contributed by atoms with van der Waals surface area (Å²) in [6, 6.07) is 5.35. The number of ether oxygens (including phenoxy) is 2. The highest BCUT2D eigenvalue weighted by molar-refractivity contribution is 9.10. The number of hydrogen-bond donors (Lipinski definition) is 0. The summed E-state index contributed by atoms with van der Waals surface area (Å²) in [6.07, 6.45) is 1.44. The van der Waals surface area contributed by atoms with Crippen LogP contribution in [0.25, 0.3) is 0 Å². The van der Waals surface area contributed by atoms with Crippen LogP contribution < -0.4 is 9.47 Å². The smallest absolute Gasteiger partial charge is 0.216 e. The Bertz CT molecular complexity index is 578. The van der Waals surface area contributed by atoms with Gasteiger partial charge in [0.1, 0.15) is 5.75 Å². The minimum absolute atomic E-state index is 0.213. The van der Waals surface area contributed by atoms with Crippen LogP contribution in [0.5, 0.6) is 17.4 Å². The average molecular weight is 316 g/mol. The Morgan fingerprint density at radius 1 is 1.22 bits per heavy atom. The minimum atomic E-state index is -1.05. The van der Waals surface area contributed by atoms with Crippen molar-refractivity contribution in [3.8, 4) is 17.4 Å². The topological polar surface area (TPSA) is 31.4 Å². The zero-order valence-corrected chi connectivity index (χ0v) is 10.9. The molecule has 2 aromatic rings. The Labute approximate surface area is 110 Å². The minimum Gasteiger partial charge on any atom is -0.481 e. The largest absolute Gasteiger partial charge is 0.481 e. The van der Waals surface area contributed by atoms with Gasteiger partial charge in [-0.2, -0.15) is 4.39 Å². The lowest BCUT2D eigenvalue weighted by Crippen LogP contribution is -1.93.